The van der Waals surface area contributed by atoms with Crippen LogP contribution in [-0.4, -0.2) is 19.9 Å². The van der Waals surface area contributed by atoms with Gasteiger partial charge in [0.1, 0.15) is 11.0 Å². The fourth-order valence-corrected chi connectivity index (χ4v) is 3.53. The lowest BCUT2D eigenvalue weighted by Crippen LogP contribution is -2.31. The fraction of sp³-hybridized carbons (Fsp3) is 0.154. The van der Waals surface area contributed by atoms with E-state index in [0.717, 1.165) is 4.31 Å². The predicted octanol–water partition coefficient (Wildman–Crippen LogP) is 3.09. The summed E-state index contributed by atoms with van der Waals surface area (Å²) in [4.78, 5) is 3.71. The fourth-order valence-electron chi connectivity index (χ4n) is 1.80. The summed E-state index contributed by atoms with van der Waals surface area (Å²) in [6, 6.07) is 8.27. The molecule has 0 aliphatic carbocycles. The normalized spacial score (nSPS) is 11.3. The van der Waals surface area contributed by atoms with Crippen molar-refractivity contribution in [3.8, 4) is 0 Å². The summed E-state index contributed by atoms with van der Waals surface area (Å²) in [5.74, 6) is -0.599. The SMILES string of the molecule is CCN(c1ccccc1F)S(=O)(=O)c1ccnc(Cl)c1. The van der Waals surface area contributed by atoms with Crippen molar-refractivity contribution in [1.82, 2.24) is 4.98 Å². The molecule has 0 saturated heterocycles. The lowest BCUT2D eigenvalue weighted by Gasteiger charge is -2.23. The molecule has 0 radical (unpaired) electrons. The number of halogens is 2. The molecular weight excluding hydrogens is 303 g/mol. The molecule has 2 rings (SSSR count). The van der Waals surface area contributed by atoms with Crippen LogP contribution in [0.1, 0.15) is 6.92 Å². The third kappa shape index (κ3) is 2.76. The van der Waals surface area contributed by atoms with Gasteiger partial charge < -0.3 is 0 Å². The average Bonchev–Trinajstić information content (AvgIpc) is 2.41. The number of sulfonamides is 1. The molecule has 106 valence electrons. The van der Waals surface area contributed by atoms with E-state index in [9.17, 15) is 12.8 Å². The monoisotopic (exact) mass is 314 g/mol. The van der Waals surface area contributed by atoms with Crippen LogP contribution in [-0.2, 0) is 10.0 Å². The summed E-state index contributed by atoms with van der Waals surface area (Å²) in [5, 5.41) is 0.0654. The van der Waals surface area contributed by atoms with Crippen LogP contribution in [0, 0.1) is 5.82 Å². The van der Waals surface area contributed by atoms with E-state index in [4.69, 9.17) is 11.6 Å². The van der Waals surface area contributed by atoms with Crippen molar-refractivity contribution in [2.75, 3.05) is 10.8 Å². The summed E-state index contributed by atoms with van der Waals surface area (Å²) >= 11 is 5.71. The van der Waals surface area contributed by atoms with Crippen LogP contribution in [0.5, 0.6) is 0 Å². The van der Waals surface area contributed by atoms with E-state index in [-0.39, 0.29) is 22.3 Å². The Labute approximate surface area is 121 Å². The molecule has 0 N–H and O–H groups in total. The Bertz CT molecular complexity index is 722. The minimum absolute atomic E-state index is 0.00272. The minimum atomic E-state index is -3.88. The first-order valence-electron chi connectivity index (χ1n) is 5.85. The van der Waals surface area contributed by atoms with Gasteiger partial charge in [-0.05, 0) is 31.2 Å². The average molecular weight is 315 g/mol. The first-order chi connectivity index (χ1) is 9.46. The number of hydrogen-bond acceptors (Lipinski definition) is 3. The largest absolute Gasteiger partial charge is 0.264 e. The molecule has 0 atom stereocenters. The third-order valence-corrected chi connectivity index (χ3v) is 4.79. The highest BCUT2D eigenvalue weighted by molar-refractivity contribution is 7.92. The van der Waals surface area contributed by atoms with Gasteiger partial charge in [0.25, 0.3) is 10.0 Å². The number of anilines is 1. The molecule has 1 heterocycles. The molecular formula is C13H12ClFN2O2S. The third-order valence-electron chi connectivity index (χ3n) is 2.69. The lowest BCUT2D eigenvalue weighted by atomic mass is 10.3. The summed E-state index contributed by atoms with van der Waals surface area (Å²) in [5.41, 5.74) is 0.00272. The molecule has 0 saturated carbocycles. The molecule has 0 aliphatic rings. The summed E-state index contributed by atoms with van der Waals surface area (Å²) < 4.78 is 39.9. The second kappa shape index (κ2) is 5.76. The van der Waals surface area contributed by atoms with E-state index in [1.807, 2.05) is 0 Å². The first kappa shape index (κ1) is 14.7. The molecule has 0 spiro atoms. The number of aromatic nitrogens is 1. The molecule has 20 heavy (non-hydrogen) atoms. The second-order valence-electron chi connectivity index (χ2n) is 3.94. The summed E-state index contributed by atoms with van der Waals surface area (Å²) in [6.45, 7) is 1.73. The molecule has 7 heteroatoms. The maximum Gasteiger partial charge on any atom is 0.264 e. The van der Waals surface area contributed by atoms with E-state index >= 15 is 0 Å². The number of hydrogen-bond donors (Lipinski definition) is 0. The van der Waals surface area contributed by atoms with Crippen LogP contribution in [0.4, 0.5) is 10.1 Å². The van der Waals surface area contributed by atoms with Gasteiger partial charge in [-0.15, -0.1) is 0 Å². The number of benzene rings is 1. The highest BCUT2D eigenvalue weighted by atomic mass is 35.5. The molecule has 0 fully saturated rings. The Morgan fingerprint density at radius 2 is 2.00 bits per heavy atom. The number of pyridine rings is 1. The van der Waals surface area contributed by atoms with Gasteiger partial charge >= 0.3 is 0 Å². The topological polar surface area (TPSA) is 50.3 Å². The Morgan fingerprint density at radius 1 is 1.30 bits per heavy atom. The van der Waals surface area contributed by atoms with Crippen molar-refractivity contribution in [1.29, 1.82) is 0 Å². The Kier molecular flexibility index (Phi) is 4.25. The van der Waals surface area contributed by atoms with Crippen molar-refractivity contribution in [2.24, 2.45) is 0 Å². The van der Waals surface area contributed by atoms with Crippen LogP contribution < -0.4 is 4.31 Å². The van der Waals surface area contributed by atoms with Crippen molar-refractivity contribution in [3.63, 3.8) is 0 Å². The summed E-state index contributed by atoms with van der Waals surface area (Å²) in [7, 11) is -3.88. The van der Waals surface area contributed by atoms with E-state index in [1.54, 1.807) is 13.0 Å². The Hall–Kier alpha value is -1.66. The number of rotatable bonds is 4. The molecule has 0 amide bonds. The van der Waals surface area contributed by atoms with E-state index in [1.165, 1.54) is 36.5 Å². The smallest absolute Gasteiger partial charge is 0.264 e. The van der Waals surface area contributed by atoms with Crippen LogP contribution in [0.25, 0.3) is 0 Å². The molecule has 1 aromatic carbocycles. The van der Waals surface area contributed by atoms with E-state index in [2.05, 4.69) is 4.98 Å². The van der Waals surface area contributed by atoms with Gasteiger partial charge in [-0.25, -0.2) is 17.8 Å². The van der Waals surface area contributed by atoms with Gasteiger partial charge in [0.15, 0.2) is 0 Å². The van der Waals surface area contributed by atoms with E-state index in [0.29, 0.717) is 0 Å². The van der Waals surface area contributed by atoms with Crippen molar-refractivity contribution in [3.05, 3.63) is 53.6 Å². The molecule has 0 aliphatic heterocycles. The second-order valence-corrected chi connectivity index (χ2v) is 6.19. The van der Waals surface area contributed by atoms with Crippen molar-refractivity contribution < 1.29 is 12.8 Å². The Balaban J connectivity index is 2.54. The zero-order valence-electron chi connectivity index (χ0n) is 10.6. The van der Waals surface area contributed by atoms with Gasteiger partial charge in [0, 0.05) is 12.7 Å². The van der Waals surface area contributed by atoms with Gasteiger partial charge in [-0.1, -0.05) is 23.7 Å². The number of para-hydroxylation sites is 1. The predicted molar refractivity (Wildman–Crippen MR) is 75.9 cm³/mol. The molecule has 0 bridgehead atoms. The highest BCUT2D eigenvalue weighted by Gasteiger charge is 2.25. The van der Waals surface area contributed by atoms with Gasteiger partial charge in [0.2, 0.25) is 0 Å². The van der Waals surface area contributed by atoms with Crippen molar-refractivity contribution >= 4 is 27.3 Å². The molecule has 4 nitrogen and oxygen atoms in total. The zero-order valence-corrected chi connectivity index (χ0v) is 12.2. The molecule has 0 unspecified atom stereocenters. The van der Waals surface area contributed by atoms with Crippen LogP contribution >= 0.6 is 11.6 Å². The van der Waals surface area contributed by atoms with Gasteiger partial charge in [-0.2, -0.15) is 0 Å². The molecule has 2 aromatic rings. The van der Waals surface area contributed by atoms with Crippen LogP contribution in [0.3, 0.4) is 0 Å². The standard InChI is InChI=1S/C13H12ClFN2O2S/c1-2-17(12-6-4-3-5-11(12)15)20(18,19)10-7-8-16-13(14)9-10/h3-9H,2H2,1H3. The Morgan fingerprint density at radius 3 is 2.60 bits per heavy atom. The number of nitrogens with zero attached hydrogens (tertiary/aromatic N) is 2. The van der Waals surface area contributed by atoms with E-state index < -0.39 is 15.8 Å². The quantitative estimate of drug-likeness (QED) is 0.815. The zero-order chi connectivity index (χ0) is 14.8. The van der Waals surface area contributed by atoms with Crippen LogP contribution in [0.15, 0.2) is 47.5 Å². The van der Waals surface area contributed by atoms with Crippen molar-refractivity contribution in [2.45, 2.75) is 11.8 Å². The van der Waals surface area contributed by atoms with Gasteiger partial charge in [-0.3, -0.25) is 4.31 Å². The maximum atomic E-state index is 13.8. The maximum absolute atomic E-state index is 13.8. The minimum Gasteiger partial charge on any atom is -0.264 e. The van der Waals surface area contributed by atoms with Crippen LogP contribution in [0.2, 0.25) is 5.15 Å². The lowest BCUT2D eigenvalue weighted by molar-refractivity contribution is 0.586. The first-order valence-corrected chi connectivity index (χ1v) is 7.67. The summed E-state index contributed by atoms with van der Waals surface area (Å²) in [6.07, 6.45) is 1.30. The molecule has 1 aromatic heterocycles. The van der Waals surface area contributed by atoms with Gasteiger partial charge in [0.05, 0.1) is 10.6 Å². The highest BCUT2D eigenvalue weighted by Crippen LogP contribution is 2.26.